The Kier molecular flexibility index (Phi) is 3.92. The average Bonchev–Trinajstić information content (AvgIpc) is 2.61. The van der Waals surface area contributed by atoms with Crippen LogP contribution in [0.1, 0.15) is 10.5 Å². The van der Waals surface area contributed by atoms with Gasteiger partial charge < -0.3 is 14.6 Å². The van der Waals surface area contributed by atoms with Gasteiger partial charge in [-0.25, -0.2) is 9.78 Å². The van der Waals surface area contributed by atoms with Crippen molar-refractivity contribution in [1.29, 1.82) is 0 Å². The molecule has 1 aromatic carbocycles. The summed E-state index contributed by atoms with van der Waals surface area (Å²) >= 11 is 0. The molecule has 2 amide bonds. The van der Waals surface area contributed by atoms with Crippen LogP contribution < -0.4 is 10.9 Å². The first kappa shape index (κ1) is 15.9. The fraction of sp³-hybridized carbons (Fsp3) is 0.167. The second-order valence-corrected chi connectivity index (χ2v) is 5.97. The number of para-hydroxylation sites is 1. The summed E-state index contributed by atoms with van der Waals surface area (Å²) in [5.74, 6) is -0.982. The monoisotopic (exact) mass is 350 g/mol. The van der Waals surface area contributed by atoms with Gasteiger partial charge in [0.2, 0.25) is 5.91 Å². The number of carbonyl (C=O) groups excluding carboxylic acids is 2. The molecular formula is C18H14N4O4. The number of amides is 2. The zero-order chi connectivity index (χ0) is 18.1. The first-order valence-electron chi connectivity index (χ1n) is 8.01. The molecule has 2 aromatic heterocycles. The van der Waals surface area contributed by atoms with Gasteiger partial charge in [-0.3, -0.25) is 14.6 Å². The Bertz CT molecular complexity index is 1040. The minimum atomic E-state index is -0.608. The van der Waals surface area contributed by atoms with Crippen molar-refractivity contribution in [2.24, 2.45) is 5.92 Å². The number of hydrogen-bond acceptors (Lipinski definition) is 6. The van der Waals surface area contributed by atoms with Crippen LogP contribution in [0.5, 0.6) is 0 Å². The molecule has 1 aliphatic heterocycles. The largest absolute Gasteiger partial charge is 0.421 e. The van der Waals surface area contributed by atoms with Crippen LogP contribution in [0.3, 0.4) is 0 Å². The Morgan fingerprint density at radius 1 is 1.19 bits per heavy atom. The van der Waals surface area contributed by atoms with E-state index in [-0.39, 0.29) is 42.2 Å². The normalized spacial score (nSPS) is 14.1. The minimum absolute atomic E-state index is 0.0902. The average molecular weight is 350 g/mol. The molecule has 0 saturated carbocycles. The summed E-state index contributed by atoms with van der Waals surface area (Å²) < 4.78 is 5.19. The summed E-state index contributed by atoms with van der Waals surface area (Å²) in [6.07, 6.45) is 4.31. The number of carbonyl (C=O) groups is 2. The van der Waals surface area contributed by atoms with Crippen molar-refractivity contribution in [3.05, 3.63) is 65.0 Å². The van der Waals surface area contributed by atoms with Crippen LogP contribution >= 0.6 is 0 Å². The number of aromatic nitrogens is 2. The maximum absolute atomic E-state index is 12.3. The molecule has 1 aliphatic rings. The number of nitrogens with zero attached hydrogens (tertiary/aromatic N) is 3. The molecule has 0 unspecified atom stereocenters. The number of anilines is 1. The van der Waals surface area contributed by atoms with Crippen LogP contribution in [-0.4, -0.2) is 39.8 Å². The molecule has 8 nitrogen and oxygen atoms in total. The number of hydrogen-bond donors (Lipinski definition) is 1. The lowest BCUT2D eigenvalue weighted by atomic mass is 9.98. The van der Waals surface area contributed by atoms with Gasteiger partial charge in [0.15, 0.2) is 0 Å². The van der Waals surface area contributed by atoms with E-state index in [0.29, 0.717) is 5.58 Å². The molecule has 8 heteroatoms. The summed E-state index contributed by atoms with van der Waals surface area (Å²) in [5, 5.41) is 3.31. The predicted molar refractivity (Wildman–Crippen MR) is 92.5 cm³/mol. The molecule has 0 bridgehead atoms. The molecule has 0 spiro atoms. The lowest BCUT2D eigenvalue weighted by Crippen LogP contribution is -2.54. The molecule has 0 aliphatic carbocycles. The van der Waals surface area contributed by atoms with Gasteiger partial charge in [0.25, 0.3) is 5.91 Å². The third-order valence-electron chi connectivity index (χ3n) is 4.22. The van der Waals surface area contributed by atoms with Crippen molar-refractivity contribution in [3.63, 3.8) is 0 Å². The highest BCUT2D eigenvalue weighted by Gasteiger charge is 2.36. The van der Waals surface area contributed by atoms with Gasteiger partial charge in [-0.1, -0.05) is 18.2 Å². The van der Waals surface area contributed by atoms with Gasteiger partial charge in [-0.15, -0.1) is 0 Å². The number of fused-ring (bicyclic) bond motifs is 1. The lowest BCUT2D eigenvalue weighted by Gasteiger charge is -2.37. The van der Waals surface area contributed by atoms with Gasteiger partial charge in [-0.2, -0.15) is 0 Å². The summed E-state index contributed by atoms with van der Waals surface area (Å²) in [4.78, 5) is 45.8. The van der Waals surface area contributed by atoms with Crippen molar-refractivity contribution < 1.29 is 14.0 Å². The van der Waals surface area contributed by atoms with Crippen molar-refractivity contribution in [2.75, 3.05) is 18.4 Å². The summed E-state index contributed by atoms with van der Waals surface area (Å²) in [6.45, 7) is 0.528. The fourth-order valence-electron chi connectivity index (χ4n) is 2.77. The Morgan fingerprint density at radius 3 is 2.77 bits per heavy atom. The quantitative estimate of drug-likeness (QED) is 0.714. The molecule has 1 saturated heterocycles. The van der Waals surface area contributed by atoms with Crippen molar-refractivity contribution >= 4 is 28.5 Å². The summed E-state index contributed by atoms with van der Waals surface area (Å²) in [5.41, 5.74) is 0.178. The number of nitrogens with one attached hydrogen (secondary N) is 1. The first-order chi connectivity index (χ1) is 12.6. The third kappa shape index (κ3) is 2.92. The van der Waals surface area contributed by atoms with Gasteiger partial charge in [-0.05, 0) is 12.1 Å². The molecule has 26 heavy (non-hydrogen) atoms. The van der Waals surface area contributed by atoms with E-state index < -0.39 is 5.63 Å². The molecule has 0 atom stereocenters. The van der Waals surface area contributed by atoms with Crippen molar-refractivity contribution in [2.45, 2.75) is 0 Å². The van der Waals surface area contributed by atoms with E-state index in [1.54, 1.807) is 24.3 Å². The van der Waals surface area contributed by atoms with E-state index in [1.807, 2.05) is 6.07 Å². The lowest BCUT2D eigenvalue weighted by molar-refractivity contribution is -0.123. The molecule has 4 rings (SSSR count). The van der Waals surface area contributed by atoms with Gasteiger partial charge in [0.05, 0.1) is 12.1 Å². The molecular weight excluding hydrogens is 336 g/mol. The topological polar surface area (TPSA) is 105 Å². The maximum Gasteiger partial charge on any atom is 0.360 e. The summed E-state index contributed by atoms with van der Waals surface area (Å²) in [6, 6.07) is 8.64. The Labute approximate surface area is 147 Å². The molecule has 130 valence electrons. The predicted octanol–water partition coefficient (Wildman–Crippen LogP) is 1.29. The van der Waals surface area contributed by atoms with Crippen molar-refractivity contribution in [3.8, 4) is 0 Å². The van der Waals surface area contributed by atoms with Crippen LogP contribution in [0.2, 0.25) is 0 Å². The van der Waals surface area contributed by atoms with Crippen LogP contribution in [-0.2, 0) is 4.79 Å². The number of benzene rings is 1. The molecule has 1 fully saturated rings. The van der Waals surface area contributed by atoms with E-state index in [2.05, 4.69) is 15.3 Å². The maximum atomic E-state index is 12.3. The van der Waals surface area contributed by atoms with E-state index in [9.17, 15) is 14.4 Å². The Balaban J connectivity index is 1.42. The van der Waals surface area contributed by atoms with Gasteiger partial charge in [0.1, 0.15) is 17.0 Å². The second-order valence-electron chi connectivity index (χ2n) is 5.97. The van der Waals surface area contributed by atoms with Crippen LogP contribution in [0, 0.1) is 5.92 Å². The number of rotatable bonds is 3. The van der Waals surface area contributed by atoms with Crippen LogP contribution in [0.4, 0.5) is 5.69 Å². The summed E-state index contributed by atoms with van der Waals surface area (Å²) in [7, 11) is 0. The molecule has 1 N–H and O–H groups in total. The van der Waals surface area contributed by atoms with E-state index >= 15 is 0 Å². The third-order valence-corrected chi connectivity index (χ3v) is 4.22. The standard InChI is InChI=1S/C18H14N4O4/c23-16(12-9-22(10-12)17(24)14-8-19-5-6-20-14)21-13-7-11-3-1-2-4-15(11)26-18(13)25/h1-8,12H,9-10H2,(H,21,23). The second kappa shape index (κ2) is 6.40. The first-order valence-corrected chi connectivity index (χ1v) is 8.01. The van der Waals surface area contributed by atoms with E-state index in [0.717, 1.165) is 5.39 Å². The highest BCUT2D eigenvalue weighted by atomic mass is 16.4. The van der Waals surface area contributed by atoms with Crippen LogP contribution in [0.15, 0.2) is 58.1 Å². The van der Waals surface area contributed by atoms with E-state index in [1.165, 1.54) is 23.5 Å². The Morgan fingerprint density at radius 2 is 2.00 bits per heavy atom. The molecule has 0 radical (unpaired) electrons. The SMILES string of the molecule is O=C(Nc1cc2ccccc2oc1=O)C1CN(C(=O)c2cnccn2)C1. The number of likely N-dealkylation sites (tertiary alicyclic amines) is 1. The molecule has 3 aromatic rings. The highest BCUT2D eigenvalue weighted by molar-refractivity contribution is 5.98. The van der Waals surface area contributed by atoms with Gasteiger partial charge >= 0.3 is 5.63 Å². The van der Waals surface area contributed by atoms with Crippen molar-refractivity contribution in [1.82, 2.24) is 14.9 Å². The Hall–Kier alpha value is -3.55. The zero-order valence-electron chi connectivity index (χ0n) is 13.6. The zero-order valence-corrected chi connectivity index (χ0v) is 13.6. The smallest absolute Gasteiger partial charge is 0.360 e. The van der Waals surface area contributed by atoms with Crippen LogP contribution in [0.25, 0.3) is 11.0 Å². The molecule has 3 heterocycles. The highest BCUT2D eigenvalue weighted by Crippen LogP contribution is 2.20. The fourth-order valence-corrected chi connectivity index (χ4v) is 2.77. The van der Waals surface area contributed by atoms with Gasteiger partial charge in [0, 0.05) is 30.9 Å². The van der Waals surface area contributed by atoms with E-state index in [4.69, 9.17) is 4.42 Å². The minimum Gasteiger partial charge on any atom is -0.421 e.